The quantitative estimate of drug-likeness (QED) is 0.924. The molecule has 0 unspecified atom stereocenters. The first-order valence-corrected chi connectivity index (χ1v) is 7.10. The van der Waals surface area contributed by atoms with E-state index in [2.05, 4.69) is 10.3 Å². The first-order valence-electron chi connectivity index (χ1n) is 6.73. The van der Waals surface area contributed by atoms with Gasteiger partial charge in [0.1, 0.15) is 0 Å². The Balaban J connectivity index is 2.21. The molecule has 1 aromatic heterocycles. The highest BCUT2D eigenvalue weighted by Crippen LogP contribution is 2.21. The number of likely N-dealkylation sites (N-methyl/N-ethyl adjacent to an activating group) is 2. The Hall–Kier alpha value is -1.91. The molecule has 2 aromatic rings. The van der Waals surface area contributed by atoms with Gasteiger partial charge in [0.05, 0.1) is 5.56 Å². The Morgan fingerprint density at radius 3 is 2.62 bits per heavy atom. The molecule has 1 N–H and O–H groups in total. The van der Waals surface area contributed by atoms with Crippen molar-refractivity contribution in [1.29, 1.82) is 0 Å². The van der Waals surface area contributed by atoms with E-state index >= 15 is 0 Å². The van der Waals surface area contributed by atoms with Crippen LogP contribution in [0.4, 0.5) is 0 Å². The molecule has 0 bridgehead atoms. The summed E-state index contributed by atoms with van der Waals surface area (Å²) in [4.78, 5) is 18.2. The molecule has 0 aliphatic rings. The highest BCUT2D eigenvalue weighted by Gasteiger charge is 2.12. The first kappa shape index (κ1) is 15.5. The van der Waals surface area contributed by atoms with Crippen molar-refractivity contribution in [3.63, 3.8) is 0 Å². The number of carbonyl (C=O) groups is 1. The maximum absolute atomic E-state index is 12.3. The molecule has 0 saturated carbocycles. The second kappa shape index (κ2) is 7.20. The number of hydrogen-bond acceptors (Lipinski definition) is 3. The summed E-state index contributed by atoms with van der Waals surface area (Å²) in [7, 11) is 3.65. The Bertz CT molecular complexity index is 613. The number of halogens is 1. The van der Waals surface area contributed by atoms with Crippen LogP contribution in [0.1, 0.15) is 10.4 Å². The van der Waals surface area contributed by atoms with Gasteiger partial charge in [-0.25, -0.2) is 0 Å². The minimum absolute atomic E-state index is 0.0337. The molecule has 1 heterocycles. The van der Waals surface area contributed by atoms with E-state index in [4.69, 9.17) is 11.6 Å². The van der Waals surface area contributed by atoms with Crippen LogP contribution in [0, 0.1) is 0 Å². The zero-order valence-corrected chi connectivity index (χ0v) is 12.9. The standard InChI is InChI=1S/C16H18ClN3O/c1-18-7-8-20(2)16(21)14-9-13(10-19-11-14)12-3-5-15(17)6-4-12/h3-6,9-11,18H,7-8H2,1-2H3. The number of amides is 1. The summed E-state index contributed by atoms with van der Waals surface area (Å²) in [5.74, 6) is -0.0337. The Morgan fingerprint density at radius 1 is 1.24 bits per heavy atom. The van der Waals surface area contributed by atoms with Gasteiger partial charge in [-0.05, 0) is 30.8 Å². The van der Waals surface area contributed by atoms with Crippen molar-refractivity contribution in [3.05, 3.63) is 53.3 Å². The third-order valence-electron chi connectivity index (χ3n) is 3.21. The van der Waals surface area contributed by atoms with Crippen molar-refractivity contribution in [2.45, 2.75) is 0 Å². The Labute approximate surface area is 129 Å². The molecule has 1 aromatic carbocycles. The molecule has 0 radical (unpaired) electrons. The topological polar surface area (TPSA) is 45.2 Å². The highest BCUT2D eigenvalue weighted by molar-refractivity contribution is 6.30. The Kier molecular flexibility index (Phi) is 5.31. The molecule has 4 nitrogen and oxygen atoms in total. The zero-order valence-electron chi connectivity index (χ0n) is 12.1. The van der Waals surface area contributed by atoms with Crippen molar-refractivity contribution < 1.29 is 4.79 Å². The summed E-state index contributed by atoms with van der Waals surface area (Å²) in [6, 6.07) is 9.33. The summed E-state index contributed by atoms with van der Waals surface area (Å²) in [5, 5.41) is 3.71. The fraction of sp³-hybridized carbons (Fsp3) is 0.250. The lowest BCUT2D eigenvalue weighted by atomic mass is 10.1. The van der Waals surface area contributed by atoms with Crippen molar-refractivity contribution in [2.24, 2.45) is 0 Å². The molecular weight excluding hydrogens is 286 g/mol. The monoisotopic (exact) mass is 303 g/mol. The van der Waals surface area contributed by atoms with Gasteiger partial charge in [0, 0.05) is 43.1 Å². The molecule has 0 saturated heterocycles. The molecule has 1 amide bonds. The number of nitrogens with one attached hydrogen (secondary N) is 1. The average Bonchev–Trinajstić information content (AvgIpc) is 2.52. The van der Waals surface area contributed by atoms with Gasteiger partial charge >= 0.3 is 0 Å². The molecule has 0 fully saturated rings. The summed E-state index contributed by atoms with van der Waals surface area (Å²) in [5.41, 5.74) is 2.47. The van der Waals surface area contributed by atoms with Crippen LogP contribution in [-0.4, -0.2) is 43.0 Å². The van der Waals surface area contributed by atoms with Gasteiger partial charge in [-0.3, -0.25) is 9.78 Å². The lowest BCUT2D eigenvalue weighted by molar-refractivity contribution is 0.0796. The maximum Gasteiger partial charge on any atom is 0.255 e. The van der Waals surface area contributed by atoms with Gasteiger partial charge in [0.15, 0.2) is 0 Å². The second-order valence-electron chi connectivity index (χ2n) is 4.80. The third kappa shape index (κ3) is 4.03. The predicted molar refractivity (Wildman–Crippen MR) is 85.6 cm³/mol. The van der Waals surface area contributed by atoms with Gasteiger partial charge in [-0.15, -0.1) is 0 Å². The minimum Gasteiger partial charge on any atom is -0.340 e. The van der Waals surface area contributed by atoms with Crippen LogP contribution in [0.3, 0.4) is 0 Å². The van der Waals surface area contributed by atoms with Crippen LogP contribution in [0.2, 0.25) is 5.02 Å². The van der Waals surface area contributed by atoms with E-state index in [-0.39, 0.29) is 5.91 Å². The number of pyridine rings is 1. The van der Waals surface area contributed by atoms with Crippen molar-refractivity contribution >= 4 is 17.5 Å². The van der Waals surface area contributed by atoms with Crippen LogP contribution >= 0.6 is 11.6 Å². The highest BCUT2D eigenvalue weighted by atomic mass is 35.5. The lowest BCUT2D eigenvalue weighted by Gasteiger charge is -2.17. The van der Waals surface area contributed by atoms with Gasteiger partial charge in [0.25, 0.3) is 5.91 Å². The maximum atomic E-state index is 12.3. The number of nitrogens with zero attached hydrogens (tertiary/aromatic N) is 2. The molecule has 21 heavy (non-hydrogen) atoms. The van der Waals surface area contributed by atoms with Gasteiger partial charge in [-0.1, -0.05) is 23.7 Å². The van der Waals surface area contributed by atoms with Crippen molar-refractivity contribution in [2.75, 3.05) is 27.2 Å². The minimum atomic E-state index is -0.0337. The number of hydrogen-bond donors (Lipinski definition) is 1. The zero-order chi connectivity index (χ0) is 15.2. The molecule has 0 atom stereocenters. The summed E-state index contributed by atoms with van der Waals surface area (Å²) in [6.07, 6.45) is 3.34. The van der Waals surface area contributed by atoms with E-state index in [1.54, 1.807) is 24.3 Å². The first-order chi connectivity index (χ1) is 10.1. The average molecular weight is 304 g/mol. The molecule has 0 aliphatic heterocycles. The summed E-state index contributed by atoms with van der Waals surface area (Å²) < 4.78 is 0. The molecule has 0 spiro atoms. The van der Waals surface area contributed by atoms with Crippen LogP contribution in [0.15, 0.2) is 42.7 Å². The van der Waals surface area contributed by atoms with Gasteiger partial charge in [0.2, 0.25) is 0 Å². The largest absolute Gasteiger partial charge is 0.340 e. The lowest BCUT2D eigenvalue weighted by Crippen LogP contribution is -2.32. The normalized spacial score (nSPS) is 10.4. The van der Waals surface area contributed by atoms with Crippen molar-refractivity contribution in [1.82, 2.24) is 15.2 Å². The van der Waals surface area contributed by atoms with E-state index in [1.807, 2.05) is 37.4 Å². The van der Waals surface area contributed by atoms with E-state index in [9.17, 15) is 4.79 Å². The molecule has 5 heteroatoms. The van der Waals surface area contributed by atoms with Gasteiger partial charge < -0.3 is 10.2 Å². The molecule has 0 aliphatic carbocycles. The smallest absolute Gasteiger partial charge is 0.255 e. The van der Waals surface area contributed by atoms with Crippen LogP contribution < -0.4 is 5.32 Å². The van der Waals surface area contributed by atoms with E-state index < -0.39 is 0 Å². The van der Waals surface area contributed by atoms with Crippen LogP contribution in [0.5, 0.6) is 0 Å². The third-order valence-corrected chi connectivity index (χ3v) is 3.46. The molecule has 2 rings (SSSR count). The predicted octanol–water partition coefficient (Wildman–Crippen LogP) is 2.69. The number of carbonyl (C=O) groups excluding carboxylic acids is 1. The van der Waals surface area contributed by atoms with E-state index in [1.165, 1.54) is 0 Å². The second-order valence-corrected chi connectivity index (χ2v) is 5.24. The Morgan fingerprint density at radius 2 is 1.95 bits per heavy atom. The molecular formula is C16H18ClN3O. The van der Waals surface area contributed by atoms with Crippen LogP contribution in [-0.2, 0) is 0 Å². The summed E-state index contributed by atoms with van der Waals surface area (Å²) >= 11 is 5.89. The fourth-order valence-electron chi connectivity index (χ4n) is 1.96. The van der Waals surface area contributed by atoms with Crippen molar-refractivity contribution in [3.8, 4) is 11.1 Å². The number of rotatable bonds is 5. The molecule has 110 valence electrons. The van der Waals surface area contributed by atoms with Gasteiger partial charge in [-0.2, -0.15) is 0 Å². The number of aromatic nitrogens is 1. The van der Waals surface area contributed by atoms with Crippen LogP contribution in [0.25, 0.3) is 11.1 Å². The fourth-order valence-corrected chi connectivity index (χ4v) is 2.08. The van der Waals surface area contributed by atoms with E-state index in [0.717, 1.165) is 17.7 Å². The SMILES string of the molecule is CNCCN(C)C(=O)c1cncc(-c2ccc(Cl)cc2)c1. The van der Waals surface area contributed by atoms with E-state index in [0.29, 0.717) is 17.1 Å². The number of benzene rings is 1. The summed E-state index contributed by atoms with van der Waals surface area (Å²) in [6.45, 7) is 1.41.